The molecular formula is C16H18N2O4S2. The van der Waals surface area contributed by atoms with Gasteiger partial charge in [0.05, 0.1) is 17.5 Å². The number of sulfonamides is 1. The van der Waals surface area contributed by atoms with Crippen LogP contribution in [0.3, 0.4) is 0 Å². The molecule has 2 aromatic heterocycles. The summed E-state index contributed by atoms with van der Waals surface area (Å²) < 4.78 is 25.6. The van der Waals surface area contributed by atoms with E-state index in [1.54, 1.807) is 18.2 Å². The lowest BCUT2D eigenvalue weighted by Gasteiger charge is -2.14. The van der Waals surface area contributed by atoms with Crippen molar-refractivity contribution >= 4 is 38.0 Å². The van der Waals surface area contributed by atoms with Crippen LogP contribution in [-0.4, -0.2) is 36.5 Å². The molecule has 2 heterocycles. The van der Waals surface area contributed by atoms with Crippen molar-refractivity contribution in [3.05, 3.63) is 47.0 Å². The SMILES string of the molecule is CS(=O)(=O)Nc1cccc2c(C(CCO)c3ccc(O)s3)c[nH]c12. The molecule has 0 amide bonds. The first-order valence-corrected chi connectivity index (χ1v) is 10.1. The van der Waals surface area contributed by atoms with Crippen LogP contribution in [0.5, 0.6) is 5.06 Å². The Hall–Kier alpha value is -2.03. The smallest absolute Gasteiger partial charge is 0.229 e. The maximum atomic E-state index is 11.5. The Kier molecular flexibility index (Phi) is 4.53. The second-order valence-corrected chi connectivity index (χ2v) is 8.43. The highest BCUT2D eigenvalue weighted by molar-refractivity contribution is 7.92. The van der Waals surface area contributed by atoms with Gasteiger partial charge in [0, 0.05) is 29.0 Å². The van der Waals surface area contributed by atoms with Crippen molar-refractivity contribution in [2.75, 3.05) is 17.6 Å². The first kappa shape index (κ1) is 16.8. The summed E-state index contributed by atoms with van der Waals surface area (Å²) in [6.07, 6.45) is 3.45. The highest BCUT2D eigenvalue weighted by Gasteiger charge is 2.21. The number of aromatic amines is 1. The van der Waals surface area contributed by atoms with Crippen molar-refractivity contribution in [3.8, 4) is 5.06 Å². The minimum absolute atomic E-state index is 0.0112. The Morgan fingerprint density at radius 1 is 1.29 bits per heavy atom. The van der Waals surface area contributed by atoms with Crippen LogP contribution in [0.15, 0.2) is 36.5 Å². The number of H-pyrrole nitrogens is 1. The molecule has 8 heteroatoms. The molecule has 0 aliphatic rings. The fourth-order valence-electron chi connectivity index (χ4n) is 2.86. The number of rotatable bonds is 6. The van der Waals surface area contributed by atoms with Gasteiger partial charge in [-0.25, -0.2) is 8.42 Å². The average Bonchev–Trinajstić information content (AvgIpc) is 3.10. The lowest BCUT2D eigenvalue weighted by atomic mass is 9.94. The first-order valence-electron chi connectivity index (χ1n) is 7.36. The van der Waals surface area contributed by atoms with Gasteiger partial charge in [-0.05, 0) is 30.2 Å². The van der Waals surface area contributed by atoms with E-state index in [1.165, 1.54) is 11.3 Å². The molecule has 0 aliphatic carbocycles. The molecule has 0 saturated heterocycles. The number of nitrogens with one attached hydrogen (secondary N) is 2. The lowest BCUT2D eigenvalue weighted by molar-refractivity contribution is 0.282. The van der Waals surface area contributed by atoms with Crippen LogP contribution in [0.1, 0.15) is 22.8 Å². The number of aromatic hydroxyl groups is 1. The molecule has 1 unspecified atom stereocenters. The summed E-state index contributed by atoms with van der Waals surface area (Å²) in [6.45, 7) is 0.0112. The third-order valence-electron chi connectivity index (χ3n) is 3.79. The number of aromatic nitrogens is 1. The number of hydrogen-bond donors (Lipinski definition) is 4. The van der Waals surface area contributed by atoms with E-state index >= 15 is 0 Å². The molecule has 24 heavy (non-hydrogen) atoms. The van der Waals surface area contributed by atoms with Crippen LogP contribution in [0.25, 0.3) is 10.9 Å². The van der Waals surface area contributed by atoms with Crippen LogP contribution < -0.4 is 4.72 Å². The summed E-state index contributed by atoms with van der Waals surface area (Å²) in [5.74, 6) is -0.0804. The Morgan fingerprint density at radius 3 is 2.71 bits per heavy atom. The molecule has 0 fully saturated rings. The number of anilines is 1. The summed E-state index contributed by atoms with van der Waals surface area (Å²) in [7, 11) is -3.38. The molecule has 3 rings (SSSR count). The fourth-order valence-corrected chi connectivity index (χ4v) is 4.33. The van der Waals surface area contributed by atoms with Crippen molar-refractivity contribution in [1.29, 1.82) is 0 Å². The number of aliphatic hydroxyl groups is 1. The van der Waals surface area contributed by atoms with Crippen molar-refractivity contribution in [2.45, 2.75) is 12.3 Å². The summed E-state index contributed by atoms with van der Waals surface area (Å²) in [5, 5.41) is 20.2. The monoisotopic (exact) mass is 366 g/mol. The Morgan fingerprint density at radius 2 is 2.08 bits per heavy atom. The standard InChI is InChI=1S/C16H18N2O4S2/c1-24(21,22)18-13-4-2-3-11-12(9-17-16(11)13)10(7-8-19)14-5-6-15(20)23-14/h2-6,9-10,17-20H,7-8H2,1H3. The maximum absolute atomic E-state index is 11.5. The topological polar surface area (TPSA) is 102 Å². The highest BCUT2D eigenvalue weighted by Crippen LogP contribution is 2.39. The normalized spacial score (nSPS) is 13.2. The second kappa shape index (κ2) is 6.46. The molecule has 0 aliphatic heterocycles. The van der Waals surface area contributed by atoms with Gasteiger partial charge in [0.2, 0.25) is 10.0 Å². The Balaban J connectivity index is 2.10. The predicted molar refractivity (Wildman–Crippen MR) is 96.3 cm³/mol. The summed E-state index contributed by atoms with van der Waals surface area (Å²) >= 11 is 1.28. The summed E-state index contributed by atoms with van der Waals surface area (Å²) in [6, 6.07) is 8.87. The van der Waals surface area contributed by atoms with Crippen molar-refractivity contribution in [2.24, 2.45) is 0 Å². The molecular weight excluding hydrogens is 348 g/mol. The van der Waals surface area contributed by atoms with E-state index in [0.29, 0.717) is 17.6 Å². The molecule has 0 bridgehead atoms. The van der Waals surface area contributed by atoms with Crippen LogP contribution in [0.4, 0.5) is 5.69 Å². The molecule has 1 atom stereocenters. The zero-order chi connectivity index (χ0) is 17.3. The molecule has 3 aromatic rings. The molecule has 0 saturated carbocycles. The van der Waals surface area contributed by atoms with Gasteiger partial charge < -0.3 is 15.2 Å². The van der Waals surface area contributed by atoms with Gasteiger partial charge in [0.15, 0.2) is 5.06 Å². The number of benzene rings is 1. The Bertz CT molecular complexity index is 960. The maximum Gasteiger partial charge on any atom is 0.229 e. The number of para-hydroxylation sites is 1. The van der Waals surface area contributed by atoms with Gasteiger partial charge in [-0.3, -0.25) is 4.72 Å². The van der Waals surface area contributed by atoms with E-state index in [4.69, 9.17) is 0 Å². The lowest BCUT2D eigenvalue weighted by Crippen LogP contribution is -2.09. The van der Waals surface area contributed by atoms with Gasteiger partial charge in [0.1, 0.15) is 0 Å². The van der Waals surface area contributed by atoms with E-state index < -0.39 is 10.0 Å². The fraction of sp³-hybridized carbons (Fsp3) is 0.250. The molecule has 0 radical (unpaired) electrons. The quantitative estimate of drug-likeness (QED) is 0.539. The minimum atomic E-state index is -3.38. The van der Waals surface area contributed by atoms with Gasteiger partial charge in [0.25, 0.3) is 0 Å². The van der Waals surface area contributed by atoms with Crippen molar-refractivity contribution in [3.63, 3.8) is 0 Å². The molecule has 0 spiro atoms. The van der Waals surface area contributed by atoms with E-state index in [2.05, 4.69) is 9.71 Å². The second-order valence-electron chi connectivity index (χ2n) is 5.59. The van der Waals surface area contributed by atoms with Crippen molar-refractivity contribution < 1.29 is 18.6 Å². The third-order valence-corrected chi connectivity index (χ3v) is 5.38. The number of thiophene rings is 1. The van der Waals surface area contributed by atoms with E-state index in [1.807, 2.05) is 18.3 Å². The molecule has 6 nitrogen and oxygen atoms in total. The number of aliphatic hydroxyl groups excluding tert-OH is 1. The average molecular weight is 366 g/mol. The van der Waals surface area contributed by atoms with Gasteiger partial charge in [-0.1, -0.05) is 12.1 Å². The first-order chi connectivity index (χ1) is 11.4. The predicted octanol–water partition coefficient (Wildman–Crippen LogP) is 2.82. The highest BCUT2D eigenvalue weighted by atomic mass is 32.2. The molecule has 128 valence electrons. The summed E-state index contributed by atoms with van der Waals surface area (Å²) in [4.78, 5) is 4.08. The molecule has 1 aromatic carbocycles. The van der Waals surface area contributed by atoms with E-state index in [9.17, 15) is 18.6 Å². The largest absolute Gasteiger partial charge is 0.499 e. The van der Waals surface area contributed by atoms with Gasteiger partial charge in [-0.15, -0.1) is 11.3 Å². The van der Waals surface area contributed by atoms with Gasteiger partial charge >= 0.3 is 0 Å². The molecule has 4 N–H and O–H groups in total. The van der Waals surface area contributed by atoms with Crippen molar-refractivity contribution in [1.82, 2.24) is 4.98 Å². The zero-order valence-corrected chi connectivity index (χ0v) is 14.6. The number of hydrogen-bond acceptors (Lipinski definition) is 5. The van der Waals surface area contributed by atoms with Crippen LogP contribution in [0.2, 0.25) is 0 Å². The van der Waals surface area contributed by atoms with Gasteiger partial charge in [-0.2, -0.15) is 0 Å². The zero-order valence-electron chi connectivity index (χ0n) is 13.0. The Labute approximate surface area is 143 Å². The summed E-state index contributed by atoms with van der Waals surface area (Å²) in [5.41, 5.74) is 2.14. The number of fused-ring (bicyclic) bond motifs is 1. The van der Waals surface area contributed by atoms with Crippen LogP contribution in [-0.2, 0) is 10.0 Å². The van der Waals surface area contributed by atoms with E-state index in [-0.39, 0.29) is 17.6 Å². The minimum Gasteiger partial charge on any atom is -0.499 e. The van der Waals surface area contributed by atoms with Crippen LogP contribution >= 0.6 is 11.3 Å². The third kappa shape index (κ3) is 3.40. The van der Waals surface area contributed by atoms with E-state index in [0.717, 1.165) is 22.1 Å². The van der Waals surface area contributed by atoms with Crippen LogP contribution in [0, 0.1) is 0 Å².